The van der Waals surface area contributed by atoms with E-state index in [0.29, 0.717) is 28.0 Å². The fraction of sp³-hybridized carbons (Fsp3) is 0.188. The number of para-hydroxylation sites is 4. The molecule has 4 aromatic rings. The molecule has 0 saturated carbocycles. The number of aliphatic hydroxyl groups excluding tert-OH is 1. The van der Waals surface area contributed by atoms with Gasteiger partial charge in [0, 0.05) is 29.2 Å². The number of hydrogen-bond acceptors (Lipinski definition) is 7. The van der Waals surface area contributed by atoms with Crippen molar-refractivity contribution in [1.82, 2.24) is 4.57 Å². The molecule has 0 atom stereocenters. The monoisotopic (exact) mass is 554 g/mol. The van der Waals surface area contributed by atoms with Crippen LogP contribution in [0, 0.1) is 0 Å². The first-order valence-corrected chi connectivity index (χ1v) is 13.9. The van der Waals surface area contributed by atoms with Crippen molar-refractivity contribution in [3.8, 4) is 11.5 Å². The minimum absolute atomic E-state index is 0.0826. The lowest BCUT2D eigenvalue weighted by atomic mass is 10.1. The quantitative estimate of drug-likeness (QED) is 0.163. The summed E-state index contributed by atoms with van der Waals surface area (Å²) in [5.41, 5.74) is 2.77. The summed E-state index contributed by atoms with van der Waals surface area (Å²) in [5, 5.41) is 12.6. The Hall–Kier alpha value is -4.43. The Labute approximate surface area is 237 Å². The molecule has 40 heavy (non-hydrogen) atoms. The van der Waals surface area contributed by atoms with Crippen LogP contribution in [0.3, 0.4) is 0 Å². The Morgan fingerprint density at radius 2 is 1.73 bits per heavy atom. The smallest absolute Gasteiger partial charge is 0.344 e. The van der Waals surface area contributed by atoms with Gasteiger partial charge in [0.15, 0.2) is 11.5 Å². The molecule has 7 nitrogen and oxygen atoms in total. The zero-order valence-electron chi connectivity index (χ0n) is 22.4. The van der Waals surface area contributed by atoms with Gasteiger partial charge in [-0.15, -0.1) is 0 Å². The van der Waals surface area contributed by atoms with Crippen LogP contribution in [-0.4, -0.2) is 41.0 Å². The van der Waals surface area contributed by atoms with Crippen LogP contribution in [0.2, 0.25) is 0 Å². The van der Waals surface area contributed by atoms with Crippen molar-refractivity contribution in [1.29, 1.82) is 0 Å². The number of ether oxygens (including phenoxy) is 3. The highest BCUT2D eigenvalue weighted by atomic mass is 32.2. The number of benzene rings is 3. The largest absolute Gasteiger partial charge is 0.506 e. The number of methoxy groups -OCH3 is 1. The molecule has 1 aliphatic rings. The van der Waals surface area contributed by atoms with E-state index in [2.05, 4.69) is 27.9 Å². The first-order chi connectivity index (χ1) is 19.6. The topological polar surface area (TPSA) is 82.3 Å². The Kier molecular flexibility index (Phi) is 8.56. The standard InChI is InChI=1S/C32H30N2O5S/c1-3-38-32(36)29-30(35)28(40-31(29)33-23-12-5-4-6-13-23)20-22-21-34(25-15-8-7-14-24(22)25)18-11-19-39-27-17-10-9-16-26(27)37-2/h4-10,12-17,20-21,35H,3,11,18-19H2,1-2H3/b28-20-,33-31?. The summed E-state index contributed by atoms with van der Waals surface area (Å²) in [4.78, 5) is 17.9. The van der Waals surface area contributed by atoms with Gasteiger partial charge in [0.25, 0.3) is 0 Å². The predicted molar refractivity (Wildman–Crippen MR) is 160 cm³/mol. The number of esters is 1. The Morgan fingerprint density at radius 1 is 1.00 bits per heavy atom. The first-order valence-electron chi connectivity index (χ1n) is 13.1. The molecule has 0 spiro atoms. The SMILES string of the molecule is CCOC(=O)C1=C(O)/C(=C/c2cn(CCCOc3ccccc3OC)c3ccccc23)SC1=Nc1ccccc1. The molecule has 204 valence electrons. The van der Waals surface area contributed by atoms with Gasteiger partial charge in [0.1, 0.15) is 16.4 Å². The molecular weight excluding hydrogens is 524 g/mol. The minimum atomic E-state index is -0.594. The summed E-state index contributed by atoms with van der Waals surface area (Å²) in [7, 11) is 1.63. The lowest BCUT2D eigenvalue weighted by Crippen LogP contribution is -2.12. The van der Waals surface area contributed by atoms with Crippen LogP contribution < -0.4 is 9.47 Å². The van der Waals surface area contributed by atoms with Gasteiger partial charge in [-0.1, -0.05) is 60.3 Å². The van der Waals surface area contributed by atoms with E-state index in [9.17, 15) is 9.90 Å². The number of aryl methyl sites for hydroxylation is 1. The fourth-order valence-corrected chi connectivity index (χ4v) is 5.51. The molecule has 0 bridgehead atoms. The third-order valence-electron chi connectivity index (χ3n) is 6.33. The second-order valence-corrected chi connectivity index (χ2v) is 9.99. The van der Waals surface area contributed by atoms with Crippen LogP contribution in [-0.2, 0) is 16.1 Å². The number of carbonyl (C=O) groups is 1. The van der Waals surface area contributed by atoms with Gasteiger partial charge < -0.3 is 23.9 Å². The summed E-state index contributed by atoms with van der Waals surface area (Å²) < 4.78 is 18.7. The normalized spacial score (nSPS) is 15.2. The molecule has 0 radical (unpaired) electrons. The zero-order chi connectivity index (χ0) is 27.9. The maximum Gasteiger partial charge on any atom is 0.344 e. The second kappa shape index (κ2) is 12.6. The first kappa shape index (κ1) is 27.1. The number of aromatic nitrogens is 1. The molecule has 2 heterocycles. The number of carbonyl (C=O) groups excluding carboxylic acids is 1. The molecule has 3 aromatic carbocycles. The van der Waals surface area contributed by atoms with Crippen molar-refractivity contribution < 1.29 is 24.1 Å². The number of thioether (sulfide) groups is 1. The predicted octanol–water partition coefficient (Wildman–Crippen LogP) is 7.31. The van der Waals surface area contributed by atoms with Crippen LogP contribution in [0.25, 0.3) is 17.0 Å². The van der Waals surface area contributed by atoms with Crippen molar-refractivity contribution in [3.05, 3.63) is 107 Å². The van der Waals surface area contributed by atoms with Gasteiger partial charge >= 0.3 is 5.97 Å². The number of aliphatic imine (C=N–C) groups is 1. The maximum absolute atomic E-state index is 12.8. The summed E-state index contributed by atoms with van der Waals surface area (Å²) in [5.74, 6) is 0.712. The van der Waals surface area contributed by atoms with E-state index in [1.54, 1.807) is 14.0 Å². The molecule has 0 aliphatic carbocycles. The van der Waals surface area contributed by atoms with E-state index < -0.39 is 5.97 Å². The van der Waals surface area contributed by atoms with Crippen molar-refractivity contribution in [2.75, 3.05) is 20.3 Å². The molecule has 1 N–H and O–H groups in total. The van der Waals surface area contributed by atoms with E-state index in [4.69, 9.17) is 14.2 Å². The number of hydrogen-bond donors (Lipinski definition) is 1. The van der Waals surface area contributed by atoms with Gasteiger partial charge in [0.2, 0.25) is 0 Å². The molecule has 8 heteroatoms. The third-order valence-corrected chi connectivity index (χ3v) is 7.35. The van der Waals surface area contributed by atoms with Gasteiger partial charge in [-0.2, -0.15) is 0 Å². The summed E-state index contributed by atoms with van der Waals surface area (Å²) in [6.07, 6.45) is 4.75. The molecule has 1 aromatic heterocycles. The van der Waals surface area contributed by atoms with Gasteiger partial charge in [-0.25, -0.2) is 9.79 Å². The van der Waals surface area contributed by atoms with E-state index in [1.165, 1.54) is 11.8 Å². The molecule has 5 rings (SSSR count). The Bertz CT molecular complexity index is 1600. The van der Waals surface area contributed by atoms with Crippen molar-refractivity contribution >= 4 is 45.4 Å². The van der Waals surface area contributed by atoms with Gasteiger partial charge in [0.05, 0.1) is 30.9 Å². The molecular formula is C32H30N2O5S. The average molecular weight is 555 g/mol. The van der Waals surface area contributed by atoms with E-state index in [-0.39, 0.29) is 17.9 Å². The molecule has 0 fully saturated rings. The summed E-state index contributed by atoms with van der Waals surface area (Å²) in [6, 6.07) is 25.1. The zero-order valence-corrected chi connectivity index (χ0v) is 23.2. The maximum atomic E-state index is 12.8. The fourth-order valence-electron chi connectivity index (χ4n) is 4.48. The number of nitrogens with zero attached hydrogens (tertiary/aromatic N) is 2. The van der Waals surface area contributed by atoms with Crippen molar-refractivity contribution in [3.63, 3.8) is 0 Å². The van der Waals surface area contributed by atoms with Crippen molar-refractivity contribution in [2.45, 2.75) is 19.9 Å². The van der Waals surface area contributed by atoms with Crippen LogP contribution in [0.4, 0.5) is 5.69 Å². The van der Waals surface area contributed by atoms with Gasteiger partial charge in [-0.05, 0) is 49.8 Å². The van der Waals surface area contributed by atoms with Crippen molar-refractivity contribution in [2.24, 2.45) is 4.99 Å². The molecule has 0 amide bonds. The van der Waals surface area contributed by atoms with Gasteiger partial charge in [-0.3, -0.25) is 0 Å². The highest BCUT2D eigenvalue weighted by Gasteiger charge is 2.33. The lowest BCUT2D eigenvalue weighted by molar-refractivity contribution is -0.138. The highest BCUT2D eigenvalue weighted by molar-refractivity contribution is 8.18. The van der Waals surface area contributed by atoms with E-state index in [1.807, 2.05) is 72.8 Å². The molecule has 0 saturated heterocycles. The van der Waals surface area contributed by atoms with Crippen LogP contribution in [0.5, 0.6) is 11.5 Å². The lowest BCUT2D eigenvalue weighted by Gasteiger charge is -2.11. The van der Waals surface area contributed by atoms with E-state index >= 15 is 0 Å². The number of rotatable bonds is 10. The Balaban J connectivity index is 1.41. The third kappa shape index (κ3) is 5.92. The summed E-state index contributed by atoms with van der Waals surface area (Å²) in [6.45, 7) is 3.21. The average Bonchev–Trinajstić information content (AvgIpc) is 3.48. The molecule has 0 unspecified atom stereocenters. The number of aliphatic hydroxyl groups is 1. The Morgan fingerprint density at radius 3 is 2.50 bits per heavy atom. The summed E-state index contributed by atoms with van der Waals surface area (Å²) >= 11 is 1.26. The number of fused-ring (bicyclic) bond motifs is 1. The second-order valence-electron chi connectivity index (χ2n) is 8.96. The van der Waals surface area contributed by atoms with Crippen LogP contribution in [0.1, 0.15) is 18.9 Å². The minimum Gasteiger partial charge on any atom is -0.506 e. The van der Waals surface area contributed by atoms with Crippen LogP contribution in [0.15, 0.2) is 106 Å². The molecule has 1 aliphatic heterocycles. The van der Waals surface area contributed by atoms with E-state index in [0.717, 1.165) is 35.2 Å². The highest BCUT2D eigenvalue weighted by Crippen LogP contribution is 2.41. The van der Waals surface area contributed by atoms with Crippen LogP contribution >= 0.6 is 11.8 Å².